The molecule has 7 heteroatoms. The van der Waals surface area contributed by atoms with Crippen LogP contribution in [0.25, 0.3) is 0 Å². The quantitative estimate of drug-likeness (QED) is 0.464. The normalized spacial score (nSPS) is 29.3. The van der Waals surface area contributed by atoms with Crippen molar-refractivity contribution in [2.75, 3.05) is 32.2 Å². The maximum absolute atomic E-state index is 13.2. The first-order chi connectivity index (χ1) is 17.8. The van der Waals surface area contributed by atoms with E-state index < -0.39 is 5.54 Å². The molecular formula is C30H38ClNO5. The van der Waals surface area contributed by atoms with Gasteiger partial charge in [-0.25, -0.2) is 4.79 Å². The molecule has 3 aliphatic rings. The summed E-state index contributed by atoms with van der Waals surface area (Å²) in [4.78, 5) is 13.2. The fraction of sp³-hybridized carbons (Fsp3) is 0.567. The summed E-state index contributed by atoms with van der Waals surface area (Å²) in [7, 11) is 1.46. The predicted molar refractivity (Wildman–Crippen MR) is 145 cm³/mol. The highest BCUT2D eigenvalue weighted by atomic mass is 35.5. The molecule has 2 aromatic carbocycles. The zero-order valence-corrected chi connectivity index (χ0v) is 22.8. The first-order valence-electron chi connectivity index (χ1n) is 13.4. The number of carbonyl (C=O) groups excluding carboxylic acids is 1. The van der Waals surface area contributed by atoms with E-state index in [0.29, 0.717) is 42.9 Å². The van der Waals surface area contributed by atoms with Crippen LogP contribution in [0.5, 0.6) is 11.5 Å². The summed E-state index contributed by atoms with van der Waals surface area (Å²) < 4.78 is 17.6. The van der Waals surface area contributed by atoms with Crippen LogP contribution in [0.1, 0.15) is 57.1 Å². The average molecular weight is 528 g/mol. The molecule has 0 bridgehead atoms. The Morgan fingerprint density at radius 3 is 2.51 bits per heavy atom. The van der Waals surface area contributed by atoms with Crippen molar-refractivity contribution in [1.29, 1.82) is 0 Å². The maximum atomic E-state index is 13.2. The highest BCUT2D eigenvalue weighted by Gasteiger charge is 2.54. The lowest BCUT2D eigenvalue weighted by Crippen LogP contribution is -2.53. The molecule has 2 aromatic rings. The van der Waals surface area contributed by atoms with E-state index in [1.165, 1.54) is 18.2 Å². The molecule has 1 fully saturated rings. The Bertz CT molecular complexity index is 1140. The molecule has 2 aliphatic carbocycles. The molecule has 2 N–H and O–H groups in total. The molecule has 1 heterocycles. The molecule has 200 valence electrons. The third-order valence-corrected chi connectivity index (χ3v) is 9.01. The van der Waals surface area contributed by atoms with Crippen molar-refractivity contribution in [2.24, 2.45) is 17.8 Å². The molecule has 5 rings (SSSR count). The Kier molecular flexibility index (Phi) is 7.34. The monoisotopic (exact) mass is 527 g/mol. The Morgan fingerprint density at radius 1 is 1.16 bits per heavy atom. The van der Waals surface area contributed by atoms with Crippen LogP contribution >= 0.6 is 11.6 Å². The number of aliphatic hydroxyl groups excluding tert-OH is 1. The second-order valence-electron chi connectivity index (χ2n) is 11.5. The molecule has 0 saturated heterocycles. The van der Waals surface area contributed by atoms with Crippen molar-refractivity contribution in [3.63, 3.8) is 0 Å². The number of rotatable bonds is 6. The van der Waals surface area contributed by atoms with Crippen molar-refractivity contribution in [2.45, 2.75) is 63.3 Å². The van der Waals surface area contributed by atoms with Gasteiger partial charge in [-0.3, -0.25) is 0 Å². The van der Waals surface area contributed by atoms with Gasteiger partial charge in [-0.15, -0.1) is 0 Å². The Hall–Kier alpha value is -2.44. The van der Waals surface area contributed by atoms with Crippen LogP contribution < -0.4 is 14.8 Å². The molecule has 1 spiro atoms. The van der Waals surface area contributed by atoms with Gasteiger partial charge in [-0.1, -0.05) is 31.5 Å². The highest BCUT2D eigenvalue weighted by Crippen LogP contribution is 2.58. The number of methoxy groups -OCH3 is 1. The fourth-order valence-corrected chi connectivity index (χ4v) is 6.93. The minimum atomic E-state index is -0.818. The highest BCUT2D eigenvalue weighted by molar-refractivity contribution is 6.30. The second kappa shape index (κ2) is 10.4. The number of ether oxygens (including phenoxy) is 3. The summed E-state index contributed by atoms with van der Waals surface area (Å²) in [5.41, 5.74) is 2.53. The van der Waals surface area contributed by atoms with Crippen molar-refractivity contribution in [3.05, 3.63) is 52.5 Å². The van der Waals surface area contributed by atoms with Crippen LogP contribution in [-0.2, 0) is 21.4 Å². The predicted octanol–water partition coefficient (Wildman–Crippen LogP) is 5.77. The van der Waals surface area contributed by atoms with Crippen LogP contribution in [0.15, 0.2) is 36.4 Å². The van der Waals surface area contributed by atoms with Crippen molar-refractivity contribution < 1.29 is 24.1 Å². The van der Waals surface area contributed by atoms with Gasteiger partial charge in [0.05, 0.1) is 20.3 Å². The molecule has 37 heavy (non-hydrogen) atoms. The van der Waals surface area contributed by atoms with Crippen molar-refractivity contribution in [1.82, 2.24) is 0 Å². The van der Waals surface area contributed by atoms with E-state index in [1.807, 2.05) is 24.3 Å². The topological polar surface area (TPSA) is 77.0 Å². The van der Waals surface area contributed by atoms with Gasteiger partial charge in [0, 0.05) is 23.2 Å². The number of fused-ring (bicyclic) bond motifs is 3. The molecule has 3 atom stereocenters. The Balaban J connectivity index is 1.49. The van der Waals surface area contributed by atoms with E-state index in [4.69, 9.17) is 25.8 Å². The molecular weight excluding hydrogens is 490 g/mol. The number of hydrogen-bond donors (Lipinski definition) is 2. The lowest BCUT2D eigenvalue weighted by atomic mass is 9.59. The number of anilines is 1. The SMILES string of the molecule is COC(=O)C1(Nc2cccc(Cl)c2)CCC2(CC1)c1cc3c(cc1C[C@@H]2C[C@@H](C)CO)OCC(C)CO3. The van der Waals surface area contributed by atoms with Crippen LogP contribution in [0.4, 0.5) is 5.69 Å². The summed E-state index contributed by atoms with van der Waals surface area (Å²) in [6, 6.07) is 11.9. The zero-order valence-electron chi connectivity index (χ0n) is 22.0. The number of nitrogens with one attached hydrogen (secondary N) is 1. The van der Waals surface area contributed by atoms with E-state index in [0.717, 1.165) is 42.9 Å². The van der Waals surface area contributed by atoms with E-state index in [9.17, 15) is 9.90 Å². The minimum Gasteiger partial charge on any atom is -0.489 e. The van der Waals surface area contributed by atoms with Gasteiger partial charge in [-0.2, -0.15) is 0 Å². The molecule has 1 saturated carbocycles. The lowest BCUT2D eigenvalue weighted by molar-refractivity contribution is -0.148. The van der Waals surface area contributed by atoms with Gasteiger partial charge in [0.1, 0.15) is 5.54 Å². The molecule has 0 radical (unpaired) electrons. The van der Waals surface area contributed by atoms with E-state index >= 15 is 0 Å². The van der Waals surface area contributed by atoms with Gasteiger partial charge >= 0.3 is 5.97 Å². The van der Waals surface area contributed by atoms with Gasteiger partial charge in [0.25, 0.3) is 0 Å². The average Bonchev–Trinajstić information content (AvgIpc) is 3.04. The molecule has 1 unspecified atom stereocenters. The number of carbonyl (C=O) groups is 1. The second-order valence-corrected chi connectivity index (χ2v) is 11.9. The van der Waals surface area contributed by atoms with E-state index in [-0.39, 0.29) is 23.9 Å². The molecule has 6 nitrogen and oxygen atoms in total. The van der Waals surface area contributed by atoms with E-state index in [1.54, 1.807) is 0 Å². The minimum absolute atomic E-state index is 0.0946. The number of hydrogen-bond acceptors (Lipinski definition) is 6. The number of halogens is 1. The summed E-state index contributed by atoms with van der Waals surface area (Å²) in [6.45, 7) is 5.71. The third kappa shape index (κ3) is 4.90. The van der Waals surface area contributed by atoms with Crippen LogP contribution in [-0.4, -0.2) is 43.5 Å². The van der Waals surface area contributed by atoms with Crippen LogP contribution in [0, 0.1) is 17.8 Å². The summed E-state index contributed by atoms with van der Waals surface area (Å²) in [6.07, 6.45) is 4.83. The fourth-order valence-electron chi connectivity index (χ4n) is 6.74. The lowest BCUT2D eigenvalue weighted by Gasteiger charge is -2.47. The smallest absolute Gasteiger partial charge is 0.331 e. The van der Waals surface area contributed by atoms with Gasteiger partial charge < -0.3 is 24.6 Å². The van der Waals surface area contributed by atoms with Gasteiger partial charge in [0.15, 0.2) is 11.5 Å². The van der Waals surface area contributed by atoms with Crippen molar-refractivity contribution >= 4 is 23.3 Å². The Morgan fingerprint density at radius 2 is 1.86 bits per heavy atom. The summed E-state index contributed by atoms with van der Waals surface area (Å²) in [5, 5.41) is 14.0. The van der Waals surface area contributed by atoms with Gasteiger partial charge in [-0.05, 0) is 97.2 Å². The van der Waals surface area contributed by atoms with Crippen LogP contribution in [0.2, 0.25) is 5.02 Å². The summed E-state index contributed by atoms with van der Waals surface area (Å²) in [5.74, 6) is 2.32. The number of aliphatic hydroxyl groups is 1. The molecule has 0 amide bonds. The molecule has 0 aromatic heterocycles. The van der Waals surface area contributed by atoms with Crippen LogP contribution in [0.3, 0.4) is 0 Å². The number of benzene rings is 2. The third-order valence-electron chi connectivity index (χ3n) is 8.78. The first kappa shape index (κ1) is 26.2. The summed E-state index contributed by atoms with van der Waals surface area (Å²) >= 11 is 6.24. The first-order valence-corrected chi connectivity index (χ1v) is 13.8. The maximum Gasteiger partial charge on any atom is 0.331 e. The Labute approximate surface area is 224 Å². The zero-order chi connectivity index (χ0) is 26.2. The number of esters is 1. The van der Waals surface area contributed by atoms with Crippen molar-refractivity contribution in [3.8, 4) is 11.5 Å². The van der Waals surface area contributed by atoms with E-state index in [2.05, 4.69) is 31.3 Å². The molecule has 1 aliphatic heterocycles. The largest absolute Gasteiger partial charge is 0.489 e. The van der Waals surface area contributed by atoms with Gasteiger partial charge in [0.2, 0.25) is 0 Å². The standard InChI is InChI=1S/C30H38ClNO5/c1-19(16-33)11-22-12-21-13-26-27(37-18-20(2)17-36-26)15-25(21)29(22)7-9-30(10-8-29,28(34)35-3)32-24-6-4-5-23(31)14-24/h4-6,13-15,19-20,22,32-33H,7-12,16-18H2,1-3H3/t19-,20?,22+,29?,30?/m1/s1.